The standard InChI is InChI=1S/C17H22O3/c1-11(2)16(18)20-15-14-8-12(10-19-5)6-7-13(14)9-17(15,3)4/h6-8,15H,1,9-10H2,2-5H3. The number of esters is 1. The maximum atomic E-state index is 11.9. The Labute approximate surface area is 120 Å². The molecule has 0 heterocycles. The quantitative estimate of drug-likeness (QED) is 0.622. The molecule has 0 saturated carbocycles. The fraction of sp³-hybridized carbons (Fsp3) is 0.471. The molecule has 0 aliphatic heterocycles. The Morgan fingerprint density at radius 1 is 1.45 bits per heavy atom. The number of ether oxygens (including phenoxy) is 2. The summed E-state index contributed by atoms with van der Waals surface area (Å²) in [5.74, 6) is -0.326. The van der Waals surface area contributed by atoms with E-state index in [0.717, 1.165) is 17.5 Å². The maximum Gasteiger partial charge on any atom is 0.333 e. The number of carbonyl (C=O) groups is 1. The van der Waals surface area contributed by atoms with Crippen LogP contribution in [0.5, 0.6) is 0 Å². The first-order chi connectivity index (χ1) is 9.35. The van der Waals surface area contributed by atoms with Gasteiger partial charge < -0.3 is 9.47 Å². The third-order valence-electron chi connectivity index (χ3n) is 3.73. The highest BCUT2D eigenvalue weighted by Gasteiger charge is 2.41. The second kappa shape index (κ2) is 5.41. The first kappa shape index (κ1) is 14.8. The fourth-order valence-corrected chi connectivity index (χ4v) is 2.74. The van der Waals surface area contributed by atoms with Crippen LogP contribution in [0.4, 0.5) is 0 Å². The second-order valence-electron chi connectivity index (χ2n) is 6.20. The summed E-state index contributed by atoms with van der Waals surface area (Å²) in [5, 5.41) is 0. The summed E-state index contributed by atoms with van der Waals surface area (Å²) < 4.78 is 10.8. The van der Waals surface area contributed by atoms with E-state index < -0.39 is 0 Å². The van der Waals surface area contributed by atoms with E-state index in [0.29, 0.717) is 12.2 Å². The normalized spacial score (nSPS) is 19.5. The van der Waals surface area contributed by atoms with Crippen molar-refractivity contribution in [1.29, 1.82) is 0 Å². The SMILES string of the molecule is C=C(C)C(=O)OC1c2cc(COC)ccc2CC1(C)C. The molecule has 3 heteroatoms. The third kappa shape index (κ3) is 2.78. The average Bonchev–Trinajstić information content (AvgIpc) is 2.61. The van der Waals surface area contributed by atoms with Crippen LogP contribution in [0.3, 0.4) is 0 Å². The molecule has 0 N–H and O–H groups in total. The molecule has 0 saturated heterocycles. The van der Waals surface area contributed by atoms with Gasteiger partial charge in [0.05, 0.1) is 6.61 Å². The zero-order valence-corrected chi connectivity index (χ0v) is 12.7. The largest absolute Gasteiger partial charge is 0.454 e. The first-order valence-corrected chi connectivity index (χ1v) is 6.82. The summed E-state index contributed by atoms with van der Waals surface area (Å²) in [6.45, 7) is 10.1. The smallest absolute Gasteiger partial charge is 0.333 e. The van der Waals surface area contributed by atoms with E-state index in [1.807, 2.05) is 0 Å². The Bertz CT molecular complexity index is 543. The predicted molar refractivity (Wildman–Crippen MR) is 78.3 cm³/mol. The molecule has 1 aliphatic rings. The molecule has 3 nitrogen and oxygen atoms in total. The number of hydrogen-bond acceptors (Lipinski definition) is 3. The number of benzene rings is 1. The number of carbonyl (C=O) groups excluding carboxylic acids is 1. The van der Waals surface area contributed by atoms with Crippen molar-refractivity contribution in [3.8, 4) is 0 Å². The summed E-state index contributed by atoms with van der Waals surface area (Å²) in [7, 11) is 1.68. The van der Waals surface area contributed by atoms with Gasteiger partial charge >= 0.3 is 5.97 Å². The van der Waals surface area contributed by atoms with E-state index in [9.17, 15) is 4.79 Å². The van der Waals surface area contributed by atoms with Gasteiger partial charge in [0.15, 0.2) is 0 Å². The Kier molecular flexibility index (Phi) is 4.00. The van der Waals surface area contributed by atoms with Crippen molar-refractivity contribution in [3.05, 3.63) is 47.0 Å². The molecular weight excluding hydrogens is 252 g/mol. The summed E-state index contributed by atoms with van der Waals surface area (Å²) in [4.78, 5) is 11.9. The molecule has 0 amide bonds. The topological polar surface area (TPSA) is 35.5 Å². The zero-order chi connectivity index (χ0) is 14.9. The predicted octanol–water partition coefficient (Wildman–Crippen LogP) is 3.58. The molecule has 0 fully saturated rings. The van der Waals surface area contributed by atoms with E-state index in [-0.39, 0.29) is 17.5 Å². The van der Waals surface area contributed by atoms with E-state index in [4.69, 9.17) is 9.47 Å². The maximum absolute atomic E-state index is 11.9. The number of hydrogen-bond donors (Lipinski definition) is 0. The summed E-state index contributed by atoms with van der Waals surface area (Å²) in [6, 6.07) is 6.27. The van der Waals surface area contributed by atoms with E-state index in [1.165, 1.54) is 5.56 Å². The Morgan fingerprint density at radius 3 is 2.75 bits per heavy atom. The third-order valence-corrected chi connectivity index (χ3v) is 3.73. The molecule has 1 aromatic rings. The zero-order valence-electron chi connectivity index (χ0n) is 12.7. The average molecular weight is 274 g/mol. The fourth-order valence-electron chi connectivity index (χ4n) is 2.74. The van der Waals surface area contributed by atoms with Crippen LogP contribution in [0.1, 0.15) is 43.6 Å². The van der Waals surface area contributed by atoms with Gasteiger partial charge in [-0.2, -0.15) is 0 Å². The van der Waals surface area contributed by atoms with Gasteiger partial charge in [-0.25, -0.2) is 4.79 Å². The van der Waals surface area contributed by atoms with Gasteiger partial charge in [0, 0.05) is 18.1 Å². The van der Waals surface area contributed by atoms with Crippen molar-refractivity contribution in [2.75, 3.05) is 7.11 Å². The van der Waals surface area contributed by atoms with Gasteiger partial charge in [-0.3, -0.25) is 0 Å². The highest BCUT2D eigenvalue weighted by Crippen LogP contribution is 2.48. The van der Waals surface area contributed by atoms with Gasteiger partial charge in [-0.15, -0.1) is 0 Å². The van der Waals surface area contributed by atoms with Gasteiger partial charge in [0.25, 0.3) is 0 Å². The Balaban J connectivity index is 2.34. The lowest BCUT2D eigenvalue weighted by molar-refractivity contribution is -0.149. The number of methoxy groups -OCH3 is 1. The van der Waals surface area contributed by atoms with Crippen molar-refractivity contribution in [2.45, 2.75) is 39.9 Å². The van der Waals surface area contributed by atoms with Crippen LogP contribution in [0.25, 0.3) is 0 Å². The molecule has 1 aromatic carbocycles. The van der Waals surface area contributed by atoms with Crippen LogP contribution in [0, 0.1) is 5.41 Å². The molecule has 20 heavy (non-hydrogen) atoms. The number of fused-ring (bicyclic) bond motifs is 1. The minimum Gasteiger partial charge on any atom is -0.454 e. The minimum absolute atomic E-state index is 0.0981. The first-order valence-electron chi connectivity index (χ1n) is 6.82. The van der Waals surface area contributed by atoms with Crippen LogP contribution >= 0.6 is 0 Å². The molecule has 108 valence electrons. The van der Waals surface area contributed by atoms with Crippen LogP contribution in [0.2, 0.25) is 0 Å². The van der Waals surface area contributed by atoms with Crippen molar-refractivity contribution in [3.63, 3.8) is 0 Å². The highest BCUT2D eigenvalue weighted by atomic mass is 16.5. The van der Waals surface area contributed by atoms with E-state index in [1.54, 1.807) is 14.0 Å². The van der Waals surface area contributed by atoms with Crippen LogP contribution in [-0.4, -0.2) is 13.1 Å². The monoisotopic (exact) mass is 274 g/mol. The lowest BCUT2D eigenvalue weighted by Crippen LogP contribution is -2.23. The lowest BCUT2D eigenvalue weighted by Gasteiger charge is -2.27. The molecule has 0 radical (unpaired) electrons. The van der Waals surface area contributed by atoms with E-state index >= 15 is 0 Å². The summed E-state index contributed by atoms with van der Waals surface area (Å²) >= 11 is 0. The lowest BCUT2D eigenvalue weighted by atomic mass is 9.87. The molecule has 1 aliphatic carbocycles. The summed E-state index contributed by atoms with van der Waals surface area (Å²) in [5.41, 5.74) is 3.77. The molecule has 1 atom stereocenters. The van der Waals surface area contributed by atoms with Crippen LogP contribution < -0.4 is 0 Å². The van der Waals surface area contributed by atoms with Crippen LogP contribution in [-0.2, 0) is 27.3 Å². The molecule has 1 unspecified atom stereocenters. The van der Waals surface area contributed by atoms with Crippen molar-refractivity contribution < 1.29 is 14.3 Å². The number of rotatable bonds is 4. The molecule has 0 aromatic heterocycles. The van der Waals surface area contributed by atoms with Gasteiger partial charge in [-0.05, 0) is 36.1 Å². The Morgan fingerprint density at radius 2 is 2.15 bits per heavy atom. The Hall–Kier alpha value is -1.61. The van der Waals surface area contributed by atoms with Crippen molar-refractivity contribution in [2.24, 2.45) is 5.41 Å². The van der Waals surface area contributed by atoms with Crippen molar-refractivity contribution >= 4 is 5.97 Å². The van der Waals surface area contributed by atoms with E-state index in [2.05, 4.69) is 38.6 Å². The molecular formula is C17H22O3. The van der Waals surface area contributed by atoms with Gasteiger partial charge in [-0.1, -0.05) is 32.6 Å². The second-order valence-corrected chi connectivity index (χ2v) is 6.20. The minimum atomic E-state index is -0.326. The van der Waals surface area contributed by atoms with Crippen molar-refractivity contribution in [1.82, 2.24) is 0 Å². The van der Waals surface area contributed by atoms with Crippen LogP contribution in [0.15, 0.2) is 30.4 Å². The molecule has 0 spiro atoms. The molecule has 2 rings (SSSR count). The van der Waals surface area contributed by atoms with Gasteiger partial charge in [0.2, 0.25) is 0 Å². The van der Waals surface area contributed by atoms with Gasteiger partial charge in [0.1, 0.15) is 6.10 Å². The molecule has 0 bridgehead atoms. The summed E-state index contributed by atoms with van der Waals surface area (Å²) in [6.07, 6.45) is 0.683. The highest BCUT2D eigenvalue weighted by molar-refractivity contribution is 5.87.